The third-order valence-corrected chi connectivity index (χ3v) is 6.80. The van der Waals surface area contributed by atoms with E-state index in [0.717, 1.165) is 27.1 Å². The Hall–Kier alpha value is -2.80. The third kappa shape index (κ3) is 4.26. The number of furan rings is 1. The van der Waals surface area contributed by atoms with E-state index in [0.29, 0.717) is 10.1 Å². The monoisotopic (exact) mass is 477 g/mol. The highest BCUT2D eigenvalue weighted by Crippen LogP contribution is 2.43. The Morgan fingerprint density at radius 1 is 1.03 bits per heavy atom. The maximum absolute atomic E-state index is 6.34. The van der Waals surface area contributed by atoms with Crippen molar-refractivity contribution in [1.29, 1.82) is 0 Å². The lowest BCUT2D eigenvalue weighted by atomic mass is 10.0. The molecule has 0 amide bonds. The third-order valence-electron chi connectivity index (χ3n) is 5.30. The summed E-state index contributed by atoms with van der Waals surface area (Å²) in [6.07, 6.45) is 1.80. The number of anilines is 1. The second-order valence-corrected chi connectivity index (χ2v) is 9.45. The Kier molecular flexibility index (Phi) is 5.91. The largest absolute Gasteiger partial charge is 0.452 e. The maximum Gasteiger partial charge on any atom is 0.174 e. The zero-order valence-corrected chi connectivity index (χ0v) is 19.6. The molecule has 32 heavy (non-hydrogen) atoms. The van der Waals surface area contributed by atoms with E-state index >= 15 is 0 Å². The molecule has 1 saturated heterocycles. The Balaban J connectivity index is 1.53. The SMILES string of the molecule is Cc1cccc(N2C(=S)N[C@H](c3ccccn3)[C@H]2c2ccc(Sc3ccc(Cl)cc3)o2)c1. The summed E-state index contributed by atoms with van der Waals surface area (Å²) in [6.45, 7) is 2.08. The first-order valence-electron chi connectivity index (χ1n) is 10.2. The van der Waals surface area contributed by atoms with Crippen LogP contribution in [0.4, 0.5) is 5.69 Å². The van der Waals surface area contributed by atoms with Crippen LogP contribution in [0.5, 0.6) is 0 Å². The molecule has 1 aliphatic heterocycles. The Bertz CT molecular complexity index is 1240. The van der Waals surface area contributed by atoms with Crippen LogP contribution in [0.15, 0.2) is 99.5 Å². The normalized spacial score (nSPS) is 18.1. The van der Waals surface area contributed by atoms with Crippen LogP contribution in [-0.4, -0.2) is 10.1 Å². The molecule has 2 aromatic heterocycles. The molecular formula is C25H20ClN3OS2. The zero-order chi connectivity index (χ0) is 22.1. The summed E-state index contributed by atoms with van der Waals surface area (Å²) in [4.78, 5) is 7.78. The molecule has 4 aromatic rings. The summed E-state index contributed by atoms with van der Waals surface area (Å²) >= 11 is 13.3. The molecule has 2 aromatic carbocycles. The van der Waals surface area contributed by atoms with Gasteiger partial charge in [0.05, 0.1) is 11.7 Å². The standard InChI is InChI=1S/C25H20ClN3OS2/c1-16-5-4-6-18(15-16)29-24(23(28-25(29)31)20-7-2-3-14-27-20)21-12-13-22(30-21)32-19-10-8-17(26)9-11-19/h2-15,23-24H,1H3,(H,28,31)/t23-,24-/m1/s1. The van der Waals surface area contributed by atoms with Crippen LogP contribution in [0.25, 0.3) is 0 Å². The Labute approximate surface area is 201 Å². The summed E-state index contributed by atoms with van der Waals surface area (Å²) in [6, 6.07) is 25.7. The van der Waals surface area contributed by atoms with Crippen molar-refractivity contribution < 1.29 is 4.42 Å². The molecule has 160 valence electrons. The fourth-order valence-electron chi connectivity index (χ4n) is 3.87. The molecule has 4 nitrogen and oxygen atoms in total. The highest BCUT2D eigenvalue weighted by molar-refractivity contribution is 7.99. The number of rotatable bonds is 5. The van der Waals surface area contributed by atoms with Crippen LogP contribution in [0.3, 0.4) is 0 Å². The minimum atomic E-state index is -0.168. The van der Waals surface area contributed by atoms with Crippen molar-refractivity contribution in [2.24, 2.45) is 0 Å². The van der Waals surface area contributed by atoms with Crippen molar-refractivity contribution in [3.63, 3.8) is 0 Å². The van der Waals surface area contributed by atoms with E-state index < -0.39 is 0 Å². The number of aryl methyl sites for hydroxylation is 1. The fourth-order valence-corrected chi connectivity index (χ4v) is 5.12. The first kappa shape index (κ1) is 21.1. The van der Waals surface area contributed by atoms with Crippen molar-refractivity contribution in [3.8, 4) is 0 Å². The minimum absolute atomic E-state index is 0.135. The lowest BCUT2D eigenvalue weighted by Gasteiger charge is -2.26. The van der Waals surface area contributed by atoms with Crippen molar-refractivity contribution in [2.45, 2.75) is 29.0 Å². The molecular weight excluding hydrogens is 458 g/mol. The molecule has 1 fully saturated rings. The summed E-state index contributed by atoms with van der Waals surface area (Å²) in [5.74, 6) is 0.825. The van der Waals surface area contributed by atoms with E-state index in [9.17, 15) is 0 Å². The van der Waals surface area contributed by atoms with Gasteiger partial charge < -0.3 is 14.6 Å². The number of benzene rings is 2. The van der Waals surface area contributed by atoms with Gasteiger partial charge in [-0.25, -0.2) is 0 Å². The smallest absolute Gasteiger partial charge is 0.174 e. The van der Waals surface area contributed by atoms with E-state index in [1.54, 1.807) is 18.0 Å². The van der Waals surface area contributed by atoms with Gasteiger partial charge in [-0.2, -0.15) is 0 Å². The van der Waals surface area contributed by atoms with E-state index in [2.05, 4.69) is 40.3 Å². The van der Waals surface area contributed by atoms with Crippen LogP contribution in [-0.2, 0) is 0 Å². The minimum Gasteiger partial charge on any atom is -0.452 e. The van der Waals surface area contributed by atoms with E-state index in [1.165, 1.54) is 5.56 Å². The maximum atomic E-state index is 6.34. The number of nitrogens with zero attached hydrogens (tertiary/aromatic N) is 2. The molecule has 0 unspecified atom stereocenters. The van der Waals surface area contributed by atoms with E-state index in [-0.39, 0.29) is 12.1 Å². The number of aromatic nitrogens is 1. The molecule has 0 bridgehead atoms. The van der Waals surface area contributed by atoms with Gasteiger partial charge in [0.15, 0.2) is 10.2 Å². The van der Waals surface area contributed by atoms with Crippen molar-refractivity contribution in [2.75, 3.05) is 4.90 Å². The summed E-state index contributed by atoms with van der Waals surface area (Å²) < 4.78 is 6.34. The van der Waals surface area contributed by atoms with Gasteiger partial charge in [0.2, 0.25) is 0 Å². The number of pyridine rings is 1. The first-order chi connectivity index (χ1) is 15.6. The topological polar surface area (TPSA) is 41.3 Å². The predicted molar refractivity (Wildman–Crippen MR) is 133 cm³/mol. The highest BCUT2D eigenvalue weighted by Gasteiger charge is 2.42. The summed E-state index contributed by atoms with van der Waals surface area (Å²) in [5.41, 5.74) is 3.11. The molecule has 2 atom stereocenters. The molecule has 0 spiro atoms. The fraction of sp³-hybridized carbons (Fsp3) is 0.120. The van der Waals surface area contributed by atoms with Gasteiger partial charge >= 0.3 is 0 Å². The molecule has 0 radical (unpaired) electrons. The van der Waals surface area contributed by atoms with Gasteiger partial charge in [-0.3, -0.25) is 4.98 Å². The first-order valence-corrected chi connectivity index (χ1v) is 11.8. The van der Waals surface area contributed by atoms with E-state index in [4.69, 9.17) is 28.2 Å². The lowest BCUT2D eigenvalue weighted by molar-refractivity contribution is 0.383. The molecule has 3 heterocycles. The molecule has 7 heteroatoms. The zero-order valence-electron chi connectivity index (χ0n) is 17.2. The average molecular weight is 478 g/mol. The molecule has 1 N–H and O–H groups in total. The van der Waals surface area contributed by atoms with Gasteiger partial charge in [-0.15, -0.1) is 0 Å². The second-order valence-electron chi connectivity index (χ2n) is 7.55. The van der Waals surface area contributed by atoms with Crippen LogP contribution >= 0.6 is 35.6 Å². The quantitative estimate of drug-likeness (QED) is 0.313. The van der Waals surface area contributed by atoms with Crippen LogP contribution in [0, 0.1) is 6.92 Å². The van der Waals surface area contributed by atoms with Crippen molar-refractivity contribution in [1.82, 2.24) is 10.3 Å². The molecule has 0 aliphatic carbocycles. The lowest BCUT2D eigenvalue weighted by Crippen LogP contribution is -2.29. The van der Waals surface area contributed by atoms with Crippen LogP contribution in [0.2, 0.25) is 5.02 Å². The average Bonchev–Trinajstić information content (AvgIpc) is 3.40. The highest BCUT2D eigenvalue weighted by atomic mass is 35.5. The van der Waals surface area contributed by atoms with Gasteiger partial charge in [0.1, 0.15) is 11.8 Å². The number of hydrogen-bond acceptors (Lipinski definition) is 4. The number of halogens is 1. The molecule has 1 aliphatic rings. The van der Waals surface area contributed by atoms with Gasteiger partial charge in [0, 0.05) is 21.8 Å². The number of nitrogens with one attached hydrogen (secondary N) is 1. The van der Waals surface area contributed by atoms with Gasteiger partial charge in [-0.1, -0.05) is 41.6 Å². The molecule has 5 rings (SSSR count). The number of thiocarbonyl (C=S) groups is 1. The van der Waals surface area contributed by atoms with Gasteiger partial charge in [0.25, 0.3) is 0 Å². The van der Waals surface area contributed by atoms with Crippen LogP contribution < -0.4 is 10.2 Å². The summed E-state index contributed by atoms with van der Waals surface area (Å²) in [7, 11) is 0. The molecule has 0 saturated carbocycles. The Morgan fingerprint density at radius 2 is 1.88 bits per heavy atom. The van der Waals surface area contributed by atoms with Crippen LogP contribution in [0.1, 0.15) is 29.1 Å². The van der Waals surface area contributed by atoms with E-state index in [1.807, 2.05) is 60.7 Å². The van der Waals surface area contributed by atoms with Gasteiger partial charge in [-0.05, 0) is 85.4 Å². The number of hydrogen-bond donors (Lipinski definition) is 1. The predicted octanol–water partition coefficient (Wildman–Crippen LogP) is 6.96. The summed E-state index contributed by atoms with van der Waals surface area (Å²) in [5, 5.41) is 5.64. The van der Waals surface area contributed by atoms with Crippen molar-refractivity contribution >= 4 is 46.4 Å². The van der Waals surface area contributed by atoms with Crippen molar-refractivity contribution in [3.05, 3.63) is 107 Å². The Morgan fingerprint density at radius 3 is 2.62 bits per heavy atom. The second kappa shape index (κ2) is 8.98.